The second kappa shape index (κ2) is 7.62. The summed E-state index contributed by atoms with van der Waals surface area (Å²) in [5.41, 5.74) is 0.575. The molecule has 2 aromatic rings. The van der Waals surface area contributed by atoms with Crippen molar-refractivity contribution in [1.82, 2.24) is 0 Å². The molecule has 0 unspecified atom stereocenters. The number of amides is 1. The van der Waals surface area contributed by atoms with Gasteiger partial charge in [0.15, 0.2) is 0 Å². The molecule has 1 aliphatic rings. The SMILES string of the molecule is Cc1cc(OCCC2CC2)cc(C)c1C(=O)Nc1ccccc1C(F)(F)F. The third kappa shape index (κ3) is 4.81. The van der Waals surface area contributed by atoms with Gasteiger partial charge in [-0.1, -0.05) is 25.0 Å². The summed E-state index contributed by atoms with van der Waals surface area (Å²) in [6.45, 7) is 4.14. The molecule has 0 atom stereocenters. The smallest absolute Gasteiger partial charge is 0.418 e. The van der Waals surface area contributed by atoms with E-state index in [2.05, 4.69) is 5.32 Å². The Hall–Kier alpha value is -2.50. The molecule has 0 heterocycles. The van der Waals surface area contributed by atoms with Crippen LogP contribution in [-0.2, 0) is 6.18 Å². The van der Waals surface area contributed by atoms with Crippen LogP contribution in [0.1, 0.15) is 46.3 Å². The molecule has 1 saturated carbocycles. The van der Waals surface area contributed by atoms with Gasteiger partial charge < -0.3 is 10.1 Å². The molecule has 1 aliphatic carbocycles. The summed E-state index contributed by atoms with van der Waals surface area (Å²) in [6, 6.07) is 8.46. The van der Waals surface area contributed by atoms with Crippen molar-refractivity contribution >= 4 is 11.6 Å². The minimum atomic E-state index is -4.53. The minimum absolute atomic E-state index is 0.251. The molecule has 1 amide bonds. The molecule has 6 heteroatoms. The van der Waals surface area contributed by atoms with Crippen LogP contribution in [0.2, 0.25) is 0 Å². The van der Waals surface area contributed by atoms with E-state index in [1.807, 2.05) is 0 Å². The van der Waals surface area contributed by atoms with Gasteiger partial charge >= 0.3 is 6.18 Å². The zero-order chi connectivity index (χ0) is 19.6. The Morgan fingerprint density at radius 1 is 1.15 bits per heavy atom. The standard InChI is InChI=1S/C21H22F3NO2/c1-13-11-16(27-10-9-15-7-8-15)12-14(2)19(13)20(26)25-18-6-4-3-5-17(18)21(22,23)24/h3-6,11-12,15H,7-10H2,1-2H3,(H,25,26). The first kappa shape index (κ1) is 19.3. The van der Waals surface area contributed by atoms with Crippen molar-refractivity contribution in [2.24, 2.45) is 5.92 Å². The maximum Gasteiger partial charge on any atom is 0.418 e. The zero-order valence-electron chi connectivity index (χ0n) is 15.3. The van der Waals surface area contributed by atoms with Crippen molar-refractivity contribution in [3.05, 3.63) is 58.7 Å². The summed E-state index contributed by atoms with van der Waals surface area (Å²) >= 11 is 0. The van der Waals surface area contributed by atoms with Gasteiger partial charge in [0.25, 0.3) is 5.91 Å². The fourth-order valence-corrected chi connectivity index (χ4v) is 3.14. The first-order chi connectivity index (χ1) is 12.8. The van der Waals surface area contributed by atoms with Gasteiger partial charge in [0.1, 0.15) is 5.75 Å². The normalized spacial score (nSPS) is 14.1. The lowest BCUT2D eigenvalue weighted by atomic mass is 10.0. The molecular formula is C21H22F3NO2. The second-order valence-electron chi connectivity index (χ2n) is 7.01. The summed E-state index contributed by atoms with van der Waals surface area (Å²) < 4.78 is 45.1. The predicted molar refractivity (Wildman–Crippen MR) is 98.1 cm³/mol. The van der Waals surface area contributed by atoms with Gasteiger partial charge in [-0.3, -0.25) is 4.79 Å². The maximum atomic E-state index is 13.1. The molecule has 0 radical (unpaired) electrons. The molecule has 0 bridgehead atoms. The van der Waals surface area contributed by atoms with E-state index in [9.17, 15) is 18.0 Å². The number of carbonyl (C=O) groups is 1. The number of ether oxygens (including phenoxy) is 1. The Balaban J connectivity index is 1.77. The highest BCUT2D eigenvalue weighted by Crippen LogP contribution is 2.35. The van der Waals surface area contributed by atoms with Crippen LogP contribution in [0.15, 0.2) is 36.4 Å². The number of alkyl halides is 3. The van der Waals surface area contributed by atoms with Crippen LogP contribution in [-0.4, -0.2) is 12.5 Å². The molecule has 27 heavy (non-hydrogen) atoms. The zero-order valence-corrected chi connectivity index (χ0v) is 15.3. The summed E-state index contributed by atoms with van der Waals surface area (Å²) in [4.78, 5) is 12.6. The summed E-state index contributed by atoms with van der Waals surface area (Å²) in [5.74, 6) is 0.884. The molecular weight excluding hydrogens is 355 g/mol. The van der Waals surface area contributed by atoms with Crippen LogP contribution >= 0.6 is 0 Å². The summed E-state index contributed by atoms with van der Waals surface area (Å²) in [7, 11) is 0. The molecule has 0 spiro atoms. The molecule has 1 N–H and O–H groups in total. The fourth-order valence-electron chi connectivity index (χ4n) is 3.14. The van der Waals surface area contributed by atoms with Gasteiger partial charge in [-0.15, -0.1) is 0 Å². The van der Waals surface area contributed by atoms with Gasteiger partial charge in [-0.2, -0.15) is 13.2 Å². The number of para-hydroxylation sites is 1. The van der Waals surface area contributed by atoms with Gasteiger partial charge in [0.2, 0.25) is 0 Å². The number of aryl methyl sites for hydroxylation is 2. The van der Waals surface area contributed by atoms with E-state index in [4.69, 9.17) is 4.74 Å². The molecule has 3 rings (SSSR count). The quantitative estimate of drug-likeness (QED) is 0.696. The molecule has 0 aromatic heterocycles. The third-order valence-electron chi connectivity index (χ3n) is 4.71. The molecule has 0 aliphatic heterocycles. The Morgan fingerprint density at radius 2 is 1.78 bits per heavy atom. The van der Waals surface area contributed by atoms with E-state index in [0.29, 0.717) is 29.0 Å². The van der Waals surface area contributed by atoms with Crippen LogP contribution < -0.4 is 10.1 Å². The minimum Gasteiger partial charge on any atom is -0.494 e. The number of halogens is 3. The van der Waals surface area contributed by atoms with Crippen LogP contribution in [0.4, 0.5) is 18.9 Å². The van der Waals surface area contributed by atoms with Crippen molar-refractivity contribution in [3.63, 3.8) is 0 Å². The number of carbonyl (C=O) groups excluding carboxylic acids is 1. The molecule has 2 aromatic carbocycles. The topological polar surface area (TPSA) is 38.3 Å². The Bertz CT molecular complexity index is 819. The van der Waals surface area contributed by atoms with Gasteiger partial charge in [-0.25, -0.2) is 0 Å². The predicted octanol–water partition coefficient (Wildman–Crippen LogP) is 5.75. The summed E-state index contributed by atoms with van der Waals surface area (Å²) in [6.07, 6.45) is -0.984. The van der Waals surface area contributed by atoms with Crippen molar-refractivity contribution < 1.29 is 22.7 Å². The summed E-state index contributed by atoms with van der Waals surface area (Å²) in [5, 5.41) is 2.40. The molecule has 3 nitrogen and oxygen atoms in total. The van der Waals surface area contributed by atoms with E-state index in [1.165, 1.54) is 31.0 Å². The lowest BCUT2D eigenvalue weighted by molar-refractivity contribution is -0.136. The van der Waals surface area contributed by atoms with E-state index >= 15 is 0 Å². The lowest BCUT2D eigenvalue weighted by Gasteiger charge is -2.16. The highest BCUT2D eigenvalue weighted by Gasteiger charge is 2.33. The van der Waals surface area contributed by atoms with Crippen molar-refractivity contribution in [2.45, 2.75) is 39.3 Å². The average Bonchev–Trinajstić information content (AvgIpc) is 3.38. The number of nitrogens with one attached hydrogen (secondary N) is 1. The molecule has 0 saturated heterocycles. The highest BCUT2D eigenvalue weighted by molar-refractivity contribution is 6.06. The van der Waals surface area contributed by atoms with E-state index in [1.54, 1.807) is 26.0 Å². The monoisotopic (exact) mass is 377 g/mol. The van der Waals surface area contributed by atoms with E-state index in [-0.39, 0.29) is 5.69 Å². The number of hydrogen-bond donors (Lipinski definition) is 1. The van der Waals surface area contributed by atoms with Crippen LogP contribution in [0.25, 0.3) is 0 Å². The largest absolute Gasteiger partial charge is 0.494 e. The van der Waals surface area contributed by atoms with Crippen LogP contribution in [0, 0.1) is 19.8 Å². The first-order valence-electron chi connectivity index (χ1n) is 8.97. The van der Waals surface area contributed by atoms with Crippen molar-refractivity contribution in [2.75, 3.05) is 11.9 Å². The lowest BCUT2D eigenvalue weighted by Crippen LogP contribution is -2.18. The third-order valence-corrected chi connectivity index (χ3v) is 4.71. The van der Waals surface area contributed by atoms with Crippen LogP contribution in [0.3, 0.4) is 0 Å². The first-order valence-corrected chi connectivity index (χ1v) is 8.97. The Kier molecular flexibility index (Phi) is 5.44. The van der Waals surface area contributed by atoms with E-state index < -0.39 is 17.6 Å². The van der Waals surface area contributed by atoms with Gasteiger partial charge in [0.05, 0.1) is 17.9 Å². The number of rotatable bonds is 6. The number of anilines is 1. The fraction of sp³-hybridized carbons (Fsp3) is 0.381. The average molecular weight is 377 g/mol. The molecule has 144 valence electrons. The maximum absolute atomic E-state index is 13.1. The number of hydrogen-bond acceptors (Lipinski definition) is 2. The van der Waals surface area contributed by atoms with Gasteiger partial charge in [-0.05, 0) is 61.6 Å². The highest BCUT2D eigenvalue weighted by atomic mass is 19.4. The van der Waals surface area contributed by atoms with Crippen molar-refractivity contribution in [1.29, 1.82) is 0 Å². The molecule has 1 fully saturated rings. The van der Waals surface area contributed by atoms with E-state index in [0.717, 1.165) is 18.4 Å². The van der Waals surface area contributed by atoms with Gasteiger partial charge in [0, 0.05) is 5.56 Å². The Labute approximate surface area is 156 Å². The Morgan fingerprint density at radius 3 is 2.37 bits per heavy atom. The van der Waals surface area contributed by atoms with Crippen LogP contribution in [0.5, 0.6) is 5.75 Å². The van der Waals surface area contributed by atoms with Crippen molar-refractivity contribution in [3.8, 4) is 5.75 Å². The second-order valence-corrected chi connectivity index (χ2v) is 7.01. The number of benzene rings is 2.